The molecule has 0 saturated heterocycles. The van der Waals surface area contributed by atoms with E-state index in [-0.39, 0.29) is 0 Å². The van der Waals surface area contributed by atoms with E-state index in [4.69, 9.17) is 0 Å². The van der Waals surface area contributed by atoms with Crippen LogP contribution >= 0.6 is 11.8 Å². The van der Waals surface area contributed by atoms with E-state index in [9.17, 15) is 0 Å². The summed E-state index contributed by atoms with van der Waals surface area (Å²) in [6.45, 7) is 2.11. The van der Waals surface area contributed by atoms with Gasteiger partial charge < -0.3 is 10.3 Å². The summed E-state index contributed by atoms with van der Waals surface area (Å²) >= 11 is 2.05. The third-order valence-corrected chi connectivity index (χ3v) is 5.76. The fourth-order valence-electron chi connectivity index (χ4n) is 3.12. The first-order valence-electron chi connectivity index (χ1n) is 7.13. The van der Waals surface area contributed by atoms with Crippen LogP contribution < -0.4 is 5.32 Å². The smallest absolute Gasteiger partial charge is 0.0454 e. The summed E-state index contributed by atoms with van der Waals surface area (Å²) in [4.78, 5) is 3.24. The Hall–Kier alpha value is -0.930. The fraction of sp³-hybridized carbons (Fsp3) is 0.500. The maximum Gasteiger partial charge on any atom is 0.0454 e. The molecule has 2 nitrogen and oxygen atoms in total. The second-order valence-electron chi connectivity index (χ2n) is 5.60. The summed E-state index contributed by atoms with van der Waals surface area (Å²) < 4.78 is 0.498. The summed E-state index contributed by atoms with van der Waals surface area (Å²) in [5, 5.41) is 4.97. The number of aromatic amines is 1. The molecule has 0 radical (unpaired) electrons. The number of aromatic nitrogens is 1. The van der Waals surface area contributed by atoms with Crippen LogP contribution in [0.15, 0.2) is 30.5 Å². The van der Waals surface area contributed by atoms with Gasteiger partial charge in [-0.2, -0.15) is 11.8 Å². The van der Waals surface area contributed by atoms with Crippen LogP contribution in [0, 0.1) is 0 Å². The van der Waals surface area contributed by atoms with Crippen LogP contribution in [0.1, 0.15) is 31.2 Å². The second kappa shape index (κ2) is 5.59. The highest BCUT2D eigenvalue weighted by Crippen LogP contribution is 2.39. The highest BCUT2D eigenvalue weighted by atomic mass is 32.2. The van der Waals surface area contributed by atoms with E-state index in [0.29, 0.717) is 4.75 Å². The zero-order valence-corrected chi connectivity index (χ0v) is 12.4. The van der Waals surface area contributed by atoms with Gasteiger partial charge in [0.15, 0.2) is 0 Å². The number of rotatable bonds is 5. The quantitative estimate of drug-likeness (QED) is 0.864. The molecule has 3 heteroatoms. The van der Waals surface area contributed by atoms with E-state index < -0.39 is 0 Å². The van der Waals surface area contributed by atoms with Crippen LogP contribution in [0.2, 0.25) is 0 Å². The Morgan fingerprint density at radius 3 is 2.89 bits per heavy atom. The molecule has 1 aromatic carbocycles. The SMILES string of the molecule is CSC1(CNCc2ccc3[nH]ccc3c2)CCCC1. The highest BCUT2D eigenvalue weighted by molar-refractivity contribution is 8.00. The summed E-state index contributed by atoms with van der Waals surface area (Å²) in [6, 6.07) is 8.80. The van der Waals surface area contributed by atoms with Gasteiger partial charge in [0.25, 0.3) is 0 Å². The Labute approximate surface area is 119 Å². The minimum Gasteiger partial charge on any atom is -0.361 e. The predicted octanol–water partition coefficient (Wildman–Crippen LogP) is 3.93. The molecule has 1 aromatic heterocycles. The minimum absolute atomic E-state index is 0.498. The van der Waals surface area contributed by atoms with E-state index >= 15 is 0 Å². The molecule has 1 heterocycles. The van der Waals surface area contributed by atoms with Gasteiger partial charge in [-0.25, -0.2) is 0 Å². The second-order valence-corrected chi connectivity index (χ2v) is 6.87. The molecule has 1 aliphatic rings. The molecule has 102 valence electrons. The number of hydrogen-bond donors (Lipinski definition) is 2. The summed E-state index contributed by atoms with van der Waals surface area (Å²) in [7, 11) is 0. The van der Waals surface area contributed by atoms with E-state index in [1.165, 1.54) is 42.1 Å². The molecule has 0 atom stereocenters. The number of hydrogen-bond acceptors (Lipinski definition) is 2. The van der Waals surface area contributed by atoms with Crippen molar-refractivity contribution in [2.45, 2.75) is 37.0 Å². The Bertz CT molecular complexity index is 540. The molecule has 3 rings (SSSR count). The minimum atomic E-state index is 0.498. The third-order valence-electron chi connectivity index (χ3n) is 4.34. The Kier molecular flexibility index (Phi) is 3.85. The Morgan fingerprint density at radius 1 is 1.26 bits per heavy atom. The van der Waals surface area contributed by atoms with E-state index in [2.05, 4.69) is 52.6 Å². The van der Waals surface area contributed by atoms with Gasteiger partial charge in [0.1, 0.15) is 0 Å². The number of nitrogens with one attached hydrogen (secondary N) is 2. The first-order chi connectivity index (χ1) is 9.31. The molecule has 2 N–H and O–H groups in total. The highest BCUT2D eigenvalue weighted by Gasteiger charge is 2.32. The van der Waals surface area contributed by atoms with Gasteiger partial charge in [-0.05, 0) is 48.2 Å². The van der Waals surface area contributed by atoms with Crippen molar-refractivity contribution in [1.29, 1.82) is 0 Å². The summed E-state index contributed by atoms with van der Waals surface area (Å²) in [6.07, 6.45) is 9.81. The molecule has 1 fully saturated rings. The van der Waals surface area contributed by atoms with Crippen LogP contribution in [0.3, 0.4) is 0 Å². The van der Waals surface area contributed by atoms with Crippen molar-refractivity contribution in [2.75, 3.05) is 12.8 Å². The fourth-order valence-corrected chi connectivity index (χ4v) is 4.06. The summed E-state index contributed by atoms with van der Waals surface area (Å²) in [5.74, 6) is 0. The zero-order chi connectivity index (χ0) is 13.1. The lowest BCUT2D eigenvalue weighted by Gasteiger charge is -2.27. The van der Waals surface area contributed by atoms with Crippen molar-refractivity contribution in [3.05, 3.63) is 36.0 Å². The Balaban J connectivity index is 1.59. The van der Waals surface area contributed by atoms with Crippen molar-refractivity contribution in [3.63, 3.8) is 0 Å². The number of benzene rings is 1. The van der Waals surface area contributed by atoms with Crippen LogP contribution in [0.5, 0.6) is 0 Å². The van der Waals surface area contributed by atoms with Crippen LogP contribution in [-0.4, -0.2) is 22.5 Å². The lowest BCUT2D eigenvalue weighted by atomic mass is 10.1. The largest absolute Gasteiger partial charge is 0.361 e. The molecular weight excluding hydrogens is 252 g/mol. The predicted molar refractivity (Wildman–Crippen MR) is 84.7 cm³/mol. The van der Waals surface area contributed by atoms with E-state index in [0.717, 1.165) is 13.1 Å². The average molecular weight is 274 g/mol. The lowest BCUT2D eigenvalue weighted by Crippen LogP contribution is -2.34. The molecule has 1 aliphatic carbocycles. The summed E-state index contributed by atoms with van der Waals surface area (Å²) in [5.41, 5.74) is 2.60. The van der Waals surface area contributed by atoms with Crippen molar-refractivity contribution in [3.8, 4) is 0 Å². The van der Waals surface area contributed by atoms with Gasteiger partial charge in [-0.1, -0.05) is 18.9 Å². The standard InChI is InChI=1S/C16H22N2S/c1-19-16(7-2-3-8-16)12-17-11-13-4-5-15-14(10-13)6-9-18-15/h4-6,9-10,17-18H,2-3,7-8,11-12H2,1H3. The van der Waals surface area contributed by atoms with Crippen LogP contribution in [0.25, 0.3) is 10.9 Å². The van der Waals surface area contributed by atoms with Crippen molar-refractivity contribution in [1.82, 2.24) is 10.3 Å². The van der Waals surface area contributed by atoms with Gasteiger partial charge in [0.2, 0.25) is 0 Å². The normalized spacial score (nSPS) is 18.2. The topological polar surface area (TPSA) is 27.8 Å². The first-order valence-corrected chi connectivity index (χ1v) is 8.36. The van der Waals surface area contributed by atoms with Crippen LogP contribution in [-0.2, 0) is 6.54 Å². The van der Waals surface area contributed by atoms with Gasteiger partial charge in [-0.3, -0.25) is 0 Å². The third kappa shape index (κ3) is 2.82. The zero-order valence-electron chi connectivity index (χ0n) is 11.5. The monoisotopic (exact) mass is 274 g/mol. The van der Waals surface area contributed by atoms with Crippen molar-refractivity contribution >= 4 is 22.7 Å². The maximum absolute atomic E-state index is 3.66. The Morgan fingerprint density at radius 2 is 2.11 bits per heavy atom. The average Bonchev–Trinajstić information content (AvgIpc) is 3.07. The molecule has 0 amide bonds. The molecule has 2 aromatic rings. The number of H-pyrrole nitrogens is 1. The molecule has 19 heavy (non-hydrogen) atoms. The van der Waals surface area contributed by atoms with E-state index in [1.807, 2.05) is 6.20 Å². The molecule has 0 spiro atoms. The van der Waals surface area contributed by atoms with E-state index in [1.54, 1.807) is 0 Å². The van der Waals surface area contributed by atoms with Crippen LogP contribution in [0.4, 0.5) is 0 Å². The molecule has 1 saturated carbocycles. The van der Waals surface area contributed by atoms with Crippen molar-refractivity contribution < 1.29 is 0 Å². The van der Waals surface area contributed by atoms with Gasteiger partial charge in [0, 0.05) is 29.6 Å². The maximum atomic E-state index is 3.66. The lowest BCUT2D eigenvalue weighted by molar-refractivity contribution is 0.534. The molecule has 0 aliphatic heterocycles. The van der Waals surface area contributed by atoms with Gasteiger partial charge in [0.05, 0.1) is 0 Å². The first kappa shape index (κ1) is 13.1. The van der Waals surface area contributed by atoms with Gasteiger partial charge >= 0.3 is 0 Å². The number of thioether (sulfide) groups is 1. The van der Waals surface area contributed by atoms with Crippen molar-refractivity contribution in [2.24, 2.45) is 0 Å². The molecule has 0 bridgehead atoms. The van der Waals surface area contributed by atoms with Gasteiger partial charge in [-0.15, -0.1) is 0 Å². The molecule has 0 unspecified atom stereocenters. The molecular formula is C16H22N2S. The number of fused-ring (bicyclic) bond motifs is 1.